The topological polar surface area (TPSA) is 124 Å². The van der Waals surface area contributed by atoms with Crippen molar-refractivity contribution in [3.63, 3.8) is 0 Å². The number of rotatable bonds is 3. The zero-order valence-corrected chi connectivity index (χ0v) is 5.97. The molecule has 0 saturated carbocycles. The van der Waals surface area contributed by atoms with Gasteiger partial charge in [0.15, 0.2) is 0 Å². The van der Waals surface area contributed by atoms with Crippen LogP contribution >= 0.6 is 0 Å². The molecule has 11 heavy (non-hydrogen) atoms. The van der Waals surface area contributed by atoms with Gasteiger partial charge in [0.25, 0.3) is 0 Å². The number of carboxylic acids is 1. The van der Waals surface area contributed by atoms with Gasteiger partial charge >= 0.3 is 5.97 Å². The second-order valence-corrected chi connectivity index (χ2v) is 1.68. The minimum Gasteiger partial charge on any atom is -0.480 e. The van der Waals surface area contributed by atoms with E-state index in [2.05, 4.69) is 0 Å². The van der Waals surface area contributed by atoms with Crippen LogP contribution in [0.2, 0.25) is 0 Å². The van der Waals surface area contributed by atoms with Crippen LogP contribution in [0.4, 0.5) is 0 Å². The van der Waals surface area contributed by atoms with Crippen LogP contribution in [0, 0.1) is 0 Å². The zero-order valence-electron chi connectivity index (χ0n) is 5.97. The van der Waals surface area contributed by atoms with Crippen molar-refractivity contribution >= 4 is 5.97 Å². The number of aliphatic hydroxyl groups is 3. The highest BCUT2D eigenvalue weighted by Crippen LogP contribution is 1.66. The van der Waals surface area contributed by atoms with E-state index in [-0.39, 0.29) is 13.2 Å². The van der Waals surface area contributed by atoms with E-state index in [9.17, 15) is 0 Å². The van der Waals surface area contributed by atoms with Gasteiger partial charge in [-0.3, -0.25) is 0 Å². The Balaban J connectivity index is 0. The van der Waals surface area contributed by atoms with Crippen molar-refractivity contribution < 1.29 is 25.2 Å². The van der Waals surface area contributed by atoms with Gasteiger partial charge < -0.3 is 26.2 Å². The van der Waals surface area contributed by atoms with E-state index >= 15 is 0 Å². The molecule has 0 aliphatic heterocycles. The summed E-state index contributed by atoms with van der Waals surface area (Å²) < 4.78 is 0. The summed E-state index contributed by atoms with van der Waals surface area (Å²) in [5.74, 6) is -1.19. The van der Waals surface area contributed by atoms with E-state index in [4.69, 9.17) is 31.0 Å². The standard InChI is InChI=1S/C3H9NO2.C2H4O3/c4-3(1-5)2-6;3-1-2(4)5/h3,5-6H,1-2,4H2;3H,1H2,(H,4,5). The highest BCUT2D eigenvalue weighted by molar-refractivity contribution is 5.67. The molecular formula is C5H13NO5. The second-order valence-electron chi connectivity index (χ2n) is 1.68. The number of aliphatic carboxylic acids is 1. The molecule has 0 aromatic rings. The molecule has 0 bridgehead atoms. The van der Waals surface area contributed by atoms with Crippen molar-refractivity contribution in [1.82, 2.24) is 0 Å². The average molecular weight is 167 g/mol. The molecule has 0 atom stereocenters. The second kappa shape index (κ2) is 9.31. The SMILES string of the molecule is NC(CO)CO.O=C(O)CO. The van der Waals surface area contributed by atoms with Crippen molar-refractivity contribution in [3.05, 3.63) is 0 Å². The molecule has 0 saturated heterocycles. The lowest BCUT2D eigenvalue weighted by molar-refractivity contribution is -0.140. The number of nitrogens with two attached hydrogens (primary N) is 1. The van der Waals surface area contributed by atoms with Gasteiger partial charge in [0.1, 0.15) is 6.61 Å². The summed E-state index contributed by atoms with van der Waals surface area (Å²) in [5.41, 5.74) is 4.97. The molecule has 0 heterocycles. The third-order valence-corrected chi connectivity index (χ3v) is 0.604. The Bertz CT molecular complexity index is 92.9. The number of aliphatic hydroxyl groups excluding tert-OH is 3. The smallest absolute Gasteiger partial charge is 0.329 e. The van der Waals surface area contributed by atoms with Crippen LogP contribution in [-0.4, -0.2) is 52.3 Å². The quantitative estimate of drug-likeness (QED) is 0.313. The fourth-order valence-corrected chi connectivity index (χ4v) is 0.0577. The van der Waals surface area contributed by atoms with Crippen molar-refractivity contribution in [3.8, 4) is 0 Å². The first-order valence-electron chi connectivity index (χ1n) is 2.88. The molecule has 0 amide bonds. The zero-order chi connectivity index (χ0) is 9.28. The van der Waals surface area contributed by atoms with E-state index in [1.165, 1.54) is 0 Å². The molecule has 0 aromatic heterocycles. The monoisotopic (exact) mass is 167 g/mol. The fraction of sp³-hybridized carbons (Fsp3) is 0.800. The Morgan fingerprint density at radius 3 is 1.55 bits per heavy atom. The molecule has 6 N–H and O–H groups in total. The summed E-state index contributed by atoms with van der Waals surface area (Å²) >= 11 is 0. The van der Waals surface area contributed by atoms with Gasteiger partial charge in [0, 0.05) is 0 Å². The summed E-state index contributed by atoms with van der Waals surface area (Å²) in [4.78, 5) is 9.12. The van der Waals surface area contributed by atoms with E-state index in [1.54, 1.807) is 0 Å². The Morgan fingerprint density at radius 2 is 1.55 bits per heavy atom. The Labute approximate surface area is 63.9 Å². The van der Waals surface area contributed by atoms with Crippen LogP contribution in [0.25, 0.3) is 0 Å². The van der Waals surface area contributed by atoms with E-state index in [0.717, 1.165) is 0 Å². The predicted molar refractivity (Wildman–Crippen MR) is 36.9 cm³/mol. The minimum absolute atomic E-state index is 0.142. The summed E-state index contributed by atoms with van der Waals surface area (Å²) in [7, 11) is 0. The molecule has 0 radical (unpaired) electrons. The highest BCUT2D eigenvalue weighted by Gasteiger charge is 1.91. The van der Waals surface area contributed by atoms with E-state index in [1.807, 2.05) is 0 Å². The Kier molecular flexibility index (Phi) is 11.0. The third kappa shape index (κ3) is 17.6. The number of carboxylic acid groups (broad SMARTS) is 1. The lowest BCUT2D eigenvalue weighted by atomic mass is 10.4. The van der Waals surface area contributed by atoms with Gasteiger partial charge in [-0.05, 0) is 0 Å². The molecular weight excluding hydrogens is 154 g/mol. The molecule has 6 heteroatoms. The van der Waals surface area contributed by atoms with Gasteiger partial charge in [0.2, 0.25) is 0 Å². The van der Waals surface area contributed by atoms with Gasteiger partial charge in [-0.2, -0.15) is 0 Å². The molecule has 0 rings (SSSR count). The van der Waals surface area contributed by atoms with Gasteiger partial charge in [0.05, 0.1) is 19.3 Å². The van der Waals surface area contributed by atoms with Gasteiger partial charge in [-0.1, -0.05) is 0 Å². The molecule has 0 aliphatic rings. The lowest BCUT2D eigenvalue weighted by Crippen LogP contribution is -2.27. The molecule has 68 valence electrons. The Morgan fingerprint density at radius 1 is 1.27 bits per heavy atom. The largest absolute Gasteiger partial charge is 0.480 e. The van der Waals surface area contributed by atoms with Crippen molar-refractivity contribution in [2.75, 3.05) is 19.8 Å². The highest BCUT2D eigenvalue weighted by atomic mass is 16.4. The fourth-order valence-electron chi connectivity index (χ4n) is 0.0577. The van der Waals surface area contributed by atoms with Crippen molar-refractivity contribution in [1.29, 1.82) is 0 Å². The van der Waals surface area contributed by atoms with Crippen LogP contribution in [0.5, 0.6) is 0 Å². The molecule has 0 spiro atoms. The van der Waals surface area contributed by atoms with Crippen LogP contribution in [-0.2, 0) is 4.79 Å². The summed E-state index contributed by atoms with van der Waals surface area (Å²) in [6, 6.07) is -0.454. The van der Waals surface area contributed by atoms with E-state index in [0.29, 0.717) is 0 Å². The normalized spacial score (nSPS) is 8.82. The summed E-state index contributed by atoms with van der Waals surface area (Å²) in [6.07, 6.45) is 0. The predicted octanol–water partition coefficient (Wildman–Crippen LogP) is -2.64. The Hall–Kier alpha value is -0.690. The van der Waals surface area contributed by atoms with Crippen LogP contribution in [0.15, 0.2) is 0 Å². The van der Waals surface area contributed by atoms with Crippen molar-refractivity contribution in [2.45, 2.75) is 6.04 Å². The van der Waals surface area contributed by atoms with E-state index < -0.39 is 18.6 Å². The van der Waals surface area contributed by atoms with Crippen LogP contribution in [0.1, 0.15) is 0 Å². The maximum atomic E-state index is 9.12. The average Bonchev–Trinajstić information content (AvgIpc) is 2.04. The molecule has 0 aromatic carbocycles. The number of hydrogen-bond acceptors (Lipinski definition) is 5. The maximum Gasteiger partial charge on any atom is 0.329 e. The first-order valence-corrected chi connectivity index (χ1v) is 2.88. The number of hydrogen-bond donors (Lipinski definition) is 5. The van der Waals surface area contributed by atoms with Crippen LogP contribution < -0.4 is 5.73 Å². The first-order chi connectivity index (χ1) is 5.08. The van der Waals surface area contributed by atoms with Gasteiger partial charge in [-0.25, -0.2) is 4.79 Å². The number of carbonyl (C=O) groups is 1. The molecule has 0 aliphatic carbocycles. The first kappa shape index (κ1) is 12.9. The maximum absolute atomic E-state index is 9.12. The summed E-state index contributed by atoms with van der Waals surface area (Å²) in [5, 5.41) is 31.1. The van der Waals surface area contributed by atoms with Gasteiger partial charge in [-0.15, -0.1) is 0 Å². The third-order valence-electron chi connectivity index (χ3n) is 0.604. The molecule has 0 unspecified atom stereocenters. The molecule has 0 fully saturated rings. The van der Waals surface area contributed by atoms with Crippen molar-refractivity contribution in [2.24, 2.45) is 5.73 Å². The van der Waals surface area contributed by atoms with Crippen LogP contribution in [0.3, 0.4) is 0 Å². The molecule has 6 nitrogen and oxygen atoms in total. The lowest BCUT2D eigenvalue weighted by Gasteiger charge is -1.98. The minimum atomic E-state index is -1.19. The summed E-state index contributed by atoms with van der Waals surface area (Å²) in [6.45, 7) is -1.06.